The van der Waals surface area contributed by atoms with Gasteiger partial charge in [-0.1, -0.05) is 6.07 Å². The molecule has 0 bridgehead atoms. The third-order valence-corrected chi connectivity index (χ3v) is 2.86. The van der Waals surface area contributed by atoms with Gasteiger partial charge in [-0.25, -0.2) is 4.39 Å². The van der Waals surface area contributed by atoms with Crippen LogP contribution in [0.25, 0.3) is 0 Å². The molecule has 100 valence electrons. The van der Waals surface area contributed by atoms with Crippen LogP contribution < -0.4 is 11.1 Å². The van der Waals surface area contributed by atoms with E-state index < -0.39 is 0 Å². The summed E-state index contributed by atoms with van der Waals surface area (Å²) in [5.41, 5.74) is 7.46. The van der Waals surface area contributed by atoms with E-state index in [1.807, 2.05) is 20.8 Å². The van der Waals surface area contributed by atoms with E-state index in [2.05, 4.69) is 5.32 Å². The van der Waals surface area contributed by atoms with Crippen LogP contribution in [-0.2, 0) is 11.2 Å². The molecule has 1 unspecified atom stereocenters. The molecule has 0 saturated carbocycles. The number of carbonyl (C=O) groups excluding carboxylic acids is 1. The molecule has 0 aliphatic heterocycles. The van der Waals surface area contributed by atoms with Crippen molar-refractivity contribution in [1.82, 2.24) is 5.32 Å². The number of carbonyl (C=O) groups is 1. The van der Waals surface area contributed by atoms with Gasteiger partial charge in [0.25, 0.3) is 0 Å². The highest BCUT2D eigenvalue weighted by atomic mass is 19.1. The zero-order valence-electron chi connectivity index (χ0n) is 11.2. The molecular weight excluding hydrogens is 231 g/mol. The average Bonchev–Trinajstić information content (AvgIpc) is 2.27. The zero-order chi connectivity index (χ0) is 13.7. The van der Waals surface area contributed by atoms with Crippen molar-refractivity contribution in [2.75, 3.05) is 6.54 Å². The summed E-state index contributed by atoms with van der Waals surface area (Å²) in [5, 5.41) is 2.85. The summed E-state index contributed by atoms with van der Waals surface area (Å²) in [6.45, 7) is 5.95. The van der Waals surface area contributed by atoms with Gasteiger partial charge in [-0.15, -0.1) is 0 Å². The van der Waals surface area contributed by atoms with Gasteiger partial charge in [-0.05, 0) is 50.5 Å². The van der Waals surface area contributed by atoms with Crippen LogP contribution in [0.15, 0.2) is 18.2 Å². The molecular formula is C14H21FN2O. The molecule has 1 rings (SSSR count). The van der Waals surface area contributed by atoms with Crippen molar-refractivity contribution in [2.45, 2.75) is 33.2 Å². The van der Waals surface area contributed by atoms with Crippen molar-refractivity contribution in [3.05, 3.63) is 35.1 Å². The number of hydrogen-bond acceptors (Lipinski definition) is 2. The second-order valence-electron chi connectivity index (χ2n) is 4.87. The number of nitrogens with one attached hydrogen (secondary N) is 1. The molecule has 3 nitrogen and oxygen atoms in total. The number of rotatable bonds is 5. The molecule has 4 heteroatoms. The maximum Gasteiger partial charge on any atom is 0.224 e. The number of hydrogen-bond donors (Lipinski definition) is 2. The number of amides is 1. The summed E-state index contributed by atoms with van der Waals surface area (Å²) in [7, 11) is 0. The van der Waals surface area contributed by atoms with Crippen LogP contribution in [0.1, 0.15) is 25.0 Å². The first kappa shape index (κ1) is 14.6. The largest absolute Gasteiger partial charge is 0.354 e. The van der Waals surface area contributed by atoms with Crippen LogP contribution in [0, 0.1) is 18.7 Å². The lowest BCUT2D eigenvalue weighted by Crippen LogP contribution is -2.39. The average molecular weight is 252 g/mol. The Labute approximate surface area is 108 Å². The summed E-state index contributed by atoms with van der Waals surface area (Å²) in [6, 6.07) is 4.70. The SMILES string of the molecule is Cc1cc(F)ccc1CC(CN)C(=O)NC(C)C. The Morgan fingerprint density at radius 1 is 1.44 bits per heavy atom. The molecule has 0 aromatic heterocycles. The monoisotopic (exact) mass is 252 g/mol. The van der Waals surface area contributed by atoms with E-state index in [0.717, 1.165) is 11.1 Å². The lowest BCUT2D eigenvalue weighted by molar-refractivity contribution is -0.125. The molecule has 0 aliphatic carbocycles. The second kappa shape index (κ2) is 6.50. The molecule has 0 spiro atoms. The van der Waals surface area contributed by atoms with Gasteiger partial charge in [0, 0.05) is 12.6 Å². The molecule has 3 N–H and O–H groups in total. The Hall–Kier alpha value is -1.42. The van der Waals surface area contributed by atoms with Gasteiger partial charge in [0.15, 0.2) is 0 Å². The third kappa shape index (κ3) is 4.11. The van der Waals surface area contributed by atoms with Crippen molar-refractivity contribution in [3.8, 4) is 0 Å². The van der Waals surface area contributed by atoms with Crippen LogP contribution in [0.5, 0.6) is 0 Å². The maximum absolute atomic E-state index is 13.0. The number of nitrogens with two attached hydrogens (primary N) is 1. The Bertz CT molecular complexity index is 418. The quantitative estimate of drug-likeness (QED) is 0.839. The van der Waals surface area contributed by atoms with Crippen molar-refractivity contribution in [1.29, 1.82) is 0 Å². The van der Waals surface area contributed by atoms with E-state index in [1.165, 1.54) is 12.1 Å². The summed E-state index contributed by atoms with van der Waals surface area (Å²) in [4.78, 5) is 11.9. The molecule has 1 aromatic carbocycles. The highest BCUT2D eigenvalue weighted by Crippen LogP contribution is 2.15. The van der Waals surface area contributed by atoms with E-state index in [1.54, 1.807) is 6.07 Å². The number of halogens is 1. The van der Waals surface area contributed by atoms with E-state index in [-0.39, 0.29) is 30.2 Å². The van der Waals surface area contributed by atoms with E-state index in [9.17, 15) is 9.18 Å². The topological polar surface area (TPSA) is 55.1 Å². The fraction of sp³-hybridized carbons (Fsp3) is 0.500. The van der Waals surface area contributed by atoms with Crippen molar-refractivity contribution < 1.29 is 9.18 Å². The standard InChI is InChI=1S/C14H21FN2O/c1-9(2)17-14(18)12(8-16)7-11-4-5-13(15)6-10(11)3/h4-6,9,12H,7-8,16H2,1-3H3,(H,17,18). The number of benzene rings is 1. The normalized spacial score (nSPS) is 12.6. The van der Waals surface area contributed by atoms with E-state index in [4.69, 9.17) is 5.73 Å². The van der Waals surface area contributed by atoms with Crippen LogP contribution in [-0.4, -0.2) is 18.5 Å². The first-order chi connectivity index (χ1) is 8.43. The van der Waals surface area contributed by atoms with Gasteiger partial charge in [0.1, 0.15) is 5.82 Å². The smallest absolute Gasteiger partial charge is 0.224 e. The minimum Gasteiger partial charge on any atom is -0.354 e. The highest BCUT2D eigenvalue weighted by Gasteiger charge is 2.18. The fourth-order valence-corrected chi connectivity index (χ4v) is 1.84. The predicted molar refractivity (Wildman–Crippen MR) is 70.7 cm³/mol. The minimum atomic E-state index is -0.267. The van der Waals surface area contributed by atoms with Gasteiger partial charge in [0.2, 0.25) is 5.91 Å². The third-order valence-electron chi connectivity index (χ3n) is 2.86. The summed E-state index contributed by atoms with van der Waals surface area (Å²) < 4.78 is 13.0. The summed E-state index contributed by atoms with van der Waals surface area (Å²) in [6.07, 6.45) is 0.543. The van der Waals surface area contributed by atoms with Crippen LogP contribution in [0.2, 0.25) is 0 Å². The lowest BCUT2D eigenvalue weighted by Gasteiger charge is -2.18. The summed E-state index contributed by atoms with van der Waals surface area (Å²) >= 11 is 0. The number of aryl methyl sites for hydroxylation is 1. The van der Waals surface area contributed by atoms with Crippen molar-refractivity contribution >= 4 is 5.91 Å². The van der Waals surface area contributed by atoms with Gasteiger partial charge in [0.05, 0.1) is 5.92 Å². The van der Waals surface area contributed by atoms with E-state index >= 15 is 0 Å². The first-order valence-electron chi connectivity index (χ1n) is 6.19. The van der Waals surface area contributed by atoms with Gasteiger partial charge in [-0.2, -0.15) is 0 Å². The van der Waals surface area contributed by atoms with Crippen molar-refractivity contribution in [3.63, 3.8) is 0 Å². The Kier molecular flexibility index (Phi) is 5.28. The van der Waals surface area contributed by atoms with Gasteiger partial charge >= 0.3 is 0 Å². The van der Waals surface area contributed by atoms with Crippen molar-refractivity contribution in [2.24, 2.45) is 11.7 Å². The highest BCUT2D eigenvalue weighted by molar-refractivity contribution is 5.79. The second-order valence-corrected chi connectivity index (χ2v) is 4.87. The Morgan fingerprint density at radius 2 is 2.11 bits per heavy atom. The maximum atomic E-state index is 13.0. The minimum absolute atomic E-state index is 0.0452. The van der Waals surface area contributed by atoms with Crippen LogP contribution in [0.3, 0.4) is 0 Å². The van der Waals surface area contributed by atoms with Gasteiger partial charge < -0.3 is 11.1 Å². The van der Waals surface area contributed by atoms with Crippen LogP contribution in [0.4, 0.5) is 4.39 Å². The van der Waals surface area contributed by atoms with Crippen LogP contribution >= 0.6 is 0 Å². The molecule has 0 aliphatic rings. The molecule has 1 aromatic rings. The molecule has 0 saturated heterocycles. The fourth-order valence-electron chi connectivity index (χ4n) is 1.84. The summed E-state index contributed by atoms with van der Waals surface area (Å²) in [5.74, 6) is -0.569. The molecule has 0 heterocycles. The van der Waals surface area contributed by atoms with Gasteiger partial charge in [-0.3, -0.25) is 4.79 Å². The zero-order valence-corrected chi connectivity index (χ0v) is 11.2. The molecule has 1 atom stereocenters. The lowest BCUT2D eigenvalue weighted by atomic mass is 9.95. The first-order valence-corrected chi connectivity index (χ1v) is 6.19. The van der Waals surface area contributed by atoms with E-state index in [0.29, 0.717) is 6.42 Å². The molecule has 0 radical (unpaired) electrons. The Balaban J connectivity index is 2.76. The molecule has 18 heavy (non-hydrogen) atoms. The molecule has 1 amide bonds. The predicted octanol–water partition coefficient (Wildman–Crippen LogP) is 1.78. The Morgan fingerprint density at radius 3 is 2.61 bits per heavy atom. The molecule has 0 fully saturated rings.